The lowest BCUT2D eigenvalue weighted by Gasteiger charge is -2.30. The number of fused-ring (bicyclic) bond motifs is 1. The predicted molar refractivity (Wildman–Crippen MR) is 119 cm³/mol. The summed E-state index contributed by atoms with van der Waals surface area (Å²) < 4.78 is 18.8. The molecular formula is C23H25ClFN3O2. The van der Waals surface area contributed by atoms with Crippen LogP contribution in [-0.4, -0.2) is 29.6 Å². The maximum atomic E-state index is 13.4. The van der Waals surface area contributed by atoms with Crippen molar-refractivity contribution in [3.8, 4) is 5.88 Å². The first-order valence-electron chi connectivity index (χ1n) is 9.90. The highest BCUT2D eigenvalue weighted by Crippen LogP contribution is 2.32. The summed E-state index contributed by atoms with van der Waals surface area (Å²) in [7, 11) is 1.59. The van der Waals surface area contributed by atoms with E-state index < -0.39 is 5.82 Å². The van der Waals surface area contributed by atoms with Gasteiger partial charge >= 0.3 is 6.03 Å². The van der Waals surface area contributed by atoms with Crippen LogP contribution >= 0.6 is 11.6 Å². The highest BCUT2D eigenvalue weighted by molar-refractivity contribution is 6.31. The molecule has 1 atom stereocenters. The average molecular weight is 430 g/mol. The Morgan fingerprint density at radius 1 is 1.27 bits per heavy atom. The minimum absolute atomic E-state index is 0.0358. The van der Waals surface area contributed by atoms with Crippen LogP contribution in [-0.2, 0) is 0 Å². The number of amides is 2. The van der Waals surface area contributed by atoms with E-state index in [4.69, 9.17) is 16.3 Å². The van der Waals surface area contributed by atoms with Crippen LogP contribution in [0.15, 0.2) is 48.7 Å². The van der Waals surface area contributed by atoms with Gasteiger partial charge in [-0.2, -0.15) is 0 Å². The van der Waals surface area contributed by atoms with E-state index in [1.165, 1.54) is 18.2 Å². The van der Waals surface area contributed by atoms with Crippen LogP contribution in [0.5, 0.6) is 5.88 Å². The molecule has 30 heavy (non-hydrogen) atoms. The Bertz CT molecular complexity index is 1040. The molecule has 0 aliphatic carbocycles. The lowest BCUT2D eigenvalue weighted by Crippen LogP contribution is -2.38. The van der Waals surface area contributed by atoms with Gasteiger partial charge in [0, 0.05) is 29.4 Å². The fourth-order valence-corrected chi connectivity index (χ4v) is 3.60. The number of halogens is 2. The Morgan fingerprint density at radius 2 is 2.00 bits per heavy atom. The average Bonchev–Trinajstić information content (AvgIpc) is 2.75. The van der Waals surface area contributed by atoms with Gasteiger partial charge in [-0.1, -0.05) is 43.1 Å². The van der Waals surface area contributed by atoms with Crippen LogP contribution in [0.2, 0.25) is 5.02 Å². The molecule has 158 valence electrons. The summed E-state index contributed by atoms with van der Waals surface area (Å²) in [5, 5.41) is 4.67. The maximum absolute atomic E-state index is 13.4. The van der Waals surface area contributed by atoms with E-state index in [-0.39, 0.29) is 17.1 Å². The number of carbonyl (C=O) groups is 1. The van der Waals surface area contributed by atoms with Gasteiger partial charge in [0.2, 0.25) is 5.88 Å². The predicted octanol–water partition coefficient (Wildman–Crippen LogP) is 6.43. The normalized spacial score (nSPS) is 11.9. The molecule has 0 aliphatic heterocycles. The number of methoxy groups -OCH3 is 1. The third kappa shape index (κ3) is 4.65. The monoisotopic (exact) mass is 429 g/mol. The molecule has 7 heteroatoms. The second kappa shape index (κ2) is 9.76. The number of hydrogen-bond donors (Lipinski definition) is 1. The molecule has 0 radical (unpaired) electrons. The highest BCUT2D eigenvalue weighted by Gasteiger charge is 2.24. The molecule has 0 unspecified atom stereocenters. The molecule has 0 saturated carbocycles. The molecule has 3 aromatic rings. The van der Waals surface area contributed by atoms with E-state index in [0.29, 0.717) is 18.1 Å². The van der Waals surface area contributed by atoms with Gasteiger partial charge < -0.3 is 15.0 Å². The van der Waals surface area contributed by atoms with Crippen molar-refractivity contribution in [3.63, 3.8) is 0 Å². The standard InChI is InChI=1S/C23H25ClFN3O2/c1-4-5-12-28(23(29)27-16-10-11-21(25)20(24)13-16)15(2)19-14-26-22(30-3)18-9-7-6-8-17(18)19/h6-11,13-15H,4-5,12H2,1-3H3,(H,27,29)/t15-/m1/s1. The molecule has 3 rings (SSSR count). The Balaban J connectivity index is 1.94. The zero-order valence-electron chi connectivity index (χ0n) is 17.3. The first-order valence-corrected chi connectivity index (χ1v) is 10.3. The van der Waals surface area contributed by atoms with Gasteiger partial charge in [0.05, 0.1) is 18.2 Å². The number of carbonyl (C=O) groups excluding carboxylic acids is 1. The quantitative estimate of drug-likeness (QED) is 0.470. The summed E-state index contributed by atoms with van der Waals surface area (Å²) in [5.74, 6) is 0.0220. The molecule has 0 aliphatic rings. The third-order valence-corrected chi connectivity index (χ3v) is 5.37. The minimum Gasteiger partial charge on any atom is -0.481 e. The number of rotatable bonds is 7. The first kappa shape index (κ1) is 21.8. The van der Waals surface area contributed by atoms with Crippen LogP contribution in [0.3, 0.4) is 0 Å². The van der Waals surface area contributed by atoms with Crippen molar-refractivity contribution in [1.29, 1.82) is 0 Å². The first-order chi connectivity index (χ1) is 14.5. The van der Waals surface area contributed by atoms with Gasteiger partial charge in [-0.15, -0.1) is 0 Å². The number of urea groups is 1. The number of nitrogens with one attached hydrogen (secondary N) is 1. The number of nitrogens with zero attached hydrogens (tertiary/aromatic N) is 2. The van der Waals surface area contributed by atoms with Crippen LogP contribution in [0.1, 0.15) is 38.3 Å². The van der Waals surface area contributed by atoms with Gasteiger partial charge in [-0.3, -0.25) is 0 Å². The van der Waals surface area contributed by atoms with Crippen molar-refractivity contribution >= 4 is 34.1 Å². The number of unbranched alkanes of at least 4 members (excludes halogenated alkanes) is 1. The second-order valence-corrected chi connectivity index (χ2v) is 7.46. The summed E-state index contributed by atoms with van der Waals surface area (Å²) in [6.07, 6.45) is 3.55. The van der Waals surface area contributed by atoms with E-state index in [2.05, 4.69) is 17.2 Å². The molecule has 0 bridgehead atoms. The van der Waals surface area contributed by atoms with Gasteiger partial charge in [0.25, 0.3) is 0 Å². The van der Waals surface area contributed by atoms with E-state index >= 15 is 0 Å². The van der Waals surface area contributed by atoms with Crippen molar-refractivity contribution in [2.24, 2.45) is 0 Å². The van der Waals surface area contributed by atoms with Gasteiger partial charge in [-0.05, 0) is 43.0 Å². The SMILES string of the molecule is CCCCN(C(=O)Nc1ccc(F)c(Cl)c1)[C@H](C)c1cnc(OC)c2ccccc12. The van der Waals surface area contributed by atoms with Crippen molar-refractivity contribution in [2.45, 2.75) is 32.7 Å². The molecular weight excluding hydrogens is 405 g/mol. The molecule has 1 aromatic heterocycles. The number of hydrogen-bond acceptors (Lipinski definition) is 3. The molecule has 5 nitrogen and oxygen atoms in total. The lowest BCUT2D eigenvalue weighted by molar-refractivity contribution is 0.192. The highest BCUT2D eigenvalue weighted by atomic mass is 35.5. The molecule has 0 saturated heterocycles. The third-order valence-electron chi connectivity index (χ3n) is 5.08. The van der Waals surface area contributed by atoms with Gasteiger partial charge in [0.15, 0.2) is 0 Å². The molecule has 0 fully saturated rings. The Hall–Kier alpha value is -2.86. The van der Waals surface area contributed by atoms with Crippen LogP contribution in [0.25, 0.3) is 10.8 Å². The second-order valence-electron chi connectivity index (χ2n) is 7.05. The number of ether oxygens (including phenoxy) is 1. The van der Waals surface area contributed by atoms with Crippen molar-refractivity contribution < 1.29 is 13.9 Å². The van der Waals surface area contributed by atoms with Crippen molar-refractivity contribution in [1.82, 2.24) is 9.88 Å². The summed E-state index contributed by atoms with van der Waals surface area (Å²) in [4.78, 5) is 19.3. The Kier molecular flexibility index (Phi) is 7.11. The molecule has 1 heterocycles. The van der Waals surface area contributed by atoms with E-state index in [1.54, 1.807) is 18.2 Å². The largest absolute Gasteiger partial charge is 0.481 e. The molecule has 2 aromatic carbocycles. The fraction of sp³-hybridized carbons (Fsp3) is 0.304. The summed E-state index contributed by atoms with van der Waals surface area (Å²) in [6, 6.07) is 11.5. The zero-order chi connectivity index (χ0) is 21.7. The Labute approximate surface area is 180 Å². The molecule has 1 N–H and O–H groups in total. The van der Waals surface area contributed by atoms with E-state index in [1.807, 2.05) is 31.2 Å². The lowest BCUT2D eigenvalue weighted by atomic mass is 10.0. The summed E-state index contributed by atoms with van der Waals surface area (Å²) in [6.45, 7) is 4.62. The van der Waals surface area contributed by atoms with E-state index in [0.717, 1.165) is 29.2 Å². The zero-order valence-corrected chi connectivity index (χ0v) is 18.0. The summed E-state index contributed by atoms with van der Waals surface area (Å²) in [5.41, 5.74) is 1.37. The smallest absolute Gasteiger partial charge is 0.322 e. The number of benzene rings is 2. The topological polar surface area (TPSA) is 54.5 Å². The summed E-state index contributed by atoms with van der Waals surface area (Å²) >= 11 is 5.85. The van der Waals surface area contributed by atoms with Gasteiger partial charge in [0.1, 0.15) is 5.82 Å². The van der Waals surface area contributed by atoms with Gasteiger partial charge in [-0.25, -0.2) is 14.2 Å². The van der Waals surface area contributed by atoms with Crippen LogP contribution in [0, 0.1) is 5.82 Å². The van der Waals surface area contributed by atoms with E-state index in [9.17, 15) is 9.18 Å². The van der Waals surface area contributed by atoms with Crippen LogP contribution in [0.4, 0.5) is 14.9 Å². The number of anilines is 1. The molecule has 2 amide bonds. The van der Waals surface area contributed by atoms with Crippen LogP contribution < -0.4 is 10.1 Å². The van der Waals surface area contributed by atoms with Crippen molar-refractivity contribution in [2.75, 3.05) is 19.0 Å². The maximum Gasteiger partial charge on any atom is 0.322 e. The molecule has 0 spiro atoms. The fourth-order valence-electron chi connectivity index (χ4n) is 3.42. The van der Waals surface area contributed by atoms with Crippen molar-refractivity contribution in [3.05, 3.63) is 65.1 Å². The Morgan fingerprint density at radius 3 is 2.67 bits per heavy atom. The minimum atomic E-state index is -0.526. The number of pyridine rings is 1. The number of aromatic nitrogens is 1.